The first-order valence-corrected chi connectivity index (χ1v) is 8.62. The van der Waals surface area contributed by atoms with Gasteiger partial charge in [0.25, 0.3) is 0 Å². The molecule has 1 atom stereocenters. The Labute approximate surface area is 123 Å². The summed E-state index contributed by atoms with van der Waals surface area (Å²) in [6.07, 6.45) is 3.83. The third-order valence-corrected chi connectivity index (χ3v) is 5.10. The van der Waals surface area contributed by atoms with Gasteiger partial charge >= 0.3 is 0 Å². The number of aliphatic hydroxyl groups excluding tert-OH is 1. The van der Waals surface area contributed by atoms with Gasteiger partial charge in [-0.25, -0.2) is 18.4 Å². The molecule has 0 saturated heterocycles. The van der Waals surface area contributed by atoms with E-state index < -0.39 is 15.9 Å². The van der Waals surface area contributed by atoms with Gasteiger partial charge in [-0.1, -0.05) is 0 Å². The van der Waals surface area contributed by atoms with Gasteiger partial charge in [0.2, 0.25) is 0 Å². The van der Waals surface area contributed by atoms with Crippen LogP contribution in [0.4, 0.5) is 5.82 Å². The van der Waals surface area contributed by atoms with Gasteiger partial charge in [0.1, 0.15) is 12.1 Å². The monoisotopic (exact) mass is 307 g/mol. The summed E-state index contributed by atoms with van der Waals surface area (Å²) in [6.45, 7) is 1.74. The molecular formula is C14H17N3O3S. The van der Waals surface area contributed by atoms with Crippen LogP contribution in [-0.4, -0.2) is 41.4 Å². The largest absolute Gasteiger partial charge is 0.391 e. The van der Waals surface area contributed by atoms with Crippen LogP contribution < -0.4 is 5.32 Å². The molecule has 1 aromatic heterocycles. The number of nitrogens with zero attached hydrogens (tertiary/aromatic N) is 2. The second-order valence-corrected chi connectivity index (χ2v) is 7.65. The Balaban J connectivity index is 2.10. The summed E-state index contributed by atoms with van der Waals surface area (Å²) in [4.78, 5) is 8.59. The number of aliphatic hydroxyl groups is 1. The minimum Gasteiger partial charge on any atom is -0.391 e. The molecule has 1 aromatic carbocycles. The van der Waals surface area contributed by atoms with Crippen LogP contribution in [0.1, 0.15) is 19.8 Å². The zero-order valence-corrected chi connectivity index (χ0v) is 12.7. The van der Waals surface area contributed by atoms with E-state index in [4.69, 9.17) is 0 Å². The molecule has 1 heterocycles. The second kappa shape index (κ2) is 4.64. The molecular weight excluding hydrogens is 290 g/mol. The van der Waals surface area contributed by atoms with Gasteiger partial charge in [-0.15, -0.1) is 0 Å². The number of sulfone groups is 1. The van der Waals surface area contributed by atoms with Gasteiger partial charge in [-0.2, -0.15) is 0 Å². The molecule has 0 radical (unpaired) electrons. The van der Waals surface area contributed by atoms with Crippen molar-refractivity contribution in [3.05, 3.63) is 24.5 Å². The molecule has 1 unspecified atom stereocenters. The lowest BCUT2D eigenvalue weighted by atomic mass is 10.1. The third-order valence-electron chi connectivity index (χ3n) is 3.99. The van der Waals surface area contributed by atoms with E-state index in [-0.39, 0.29) is 10.4 Å². The first kappa shape index (κ1) is 14.2. The number of benzene rings is 1. The molecule has 0 spiro atoms. The van der Waals surface area contributed by atoms with E-state index in [0.29, 0.717) is 16.7 Å². The van der Waals surface area contributed by atoms with Crippen LogP contribution in [0.5, 0.6) is 0 Å². The van der Waals surface area contributed by atoms with Crippen molar-refractivity contribution in [2.45, 2.75) is 36.3 Å². The van der Waals surface area contributed by atoms with Gasteiger partial charge in [-0.3, -0.25) is 0 Å². The molecule has 0 aliphatic heterocycles. The maximum Gasteiger partial charge on any atom is 0.175 e. The Morgan fingerprint density at radius 2 is 2.05 bits per heavy atom. The fourth-order valence-electron chi connectivity index (χ4n) is 2.38. The highest BCUT2D eigenvalue weighted by Gasteiger charge is 2.47. The highest BCUT2D eigenvalue weighted by molar-refractivity contribution is 7.90. The molecule has 2 aromatic rings. The van der Waals surface area contributed by atoms with Crippen molar-refractivity contribution in [3.8, 4) is 0 Å². The zero-order chi connectivity index (χ0) is 15.3. The lowest BCUT2D eigenvalue weighted by Crippen LogP contribution is -2.34. The van der Waals surface area contributed by atoms with Gasteiger partial charge in [-0.05, 0) is 38.0 Å². The predicted molar refractivity (Wildman–Crippen MR) is 79.9 cm³/mol. The molecule has 0 amide bonds. The third kappa shape index (κ3) is 2.58. The maximum atomic E-state index is 11.7. The summed E-state index contributed by atoms with van der Waals surface area (Å²) < 4.78 is 23.4. The Morgan fingerprint density at radius 1 is 1.33 bits per heavy atom. The maximum absolute atomic E-state index is 11.7. The standard InChI is InChI=1S/C14H17N3O3S/c1-9(18)14(5-6-14)17-13-11-7-10(21(2,19)20)3-4-12(11)15-8-16-13/h3-4,7-9,18H,5-6H2,1-2H3,(H,15,16,17). The van der Waals surface area contributed by atoms with E-state index in [1.165, 1.54) is 18.6 Å². The first-order valence-electron chi connectivity index (χ1n) is 6.73. The molecule has 0 bridgehead atoms. The van der Waals surface area contributed by atoms with Crippen molar-refractivity contribution in [2.75, 3.05) is 11.6 Å². The molecule has 1 aliphatic carbocycles. The Kier molecular flexibility index (Phi) is 3.14. The van der Waals surface area contributed by atoms with Crippen LogP contribution in [0.3, 0.4) is 0 Å². The lowest BCUT2D eigenvalue weighted by Gasteiger charge is -2.21. The number of fused-ring (bicyclic) bond motifs is 1. The highest BCUT2D eigenvalue weighted by atomic mass is 32.2. The molecule has 1 aliphatic rings. The fraction of sp³-hybridized carbons (Fsp3) is 0.429. The number of nitrogens with one attached hydrogen (secondary N) is 1. The minimum atomic E-state index is -3.29. The van der Waals surface area contributed by atoms with Crippen LogP contribution in [0, 0.1) is 0 Å². The number of hydrogen-bond acceptors (Lipinski definition) is 6. The normalized spacial score (nSPS) is 18.4. The molecule has 1 saturated carbocycles. The molecule has 6 nitrogen and oxygen atoms in total. The summed E-state index contributed by atoms with van der Waals surface area (Å²) in [5.74, 6) is 0.559. The number of aromatic nitrogens is 2. The highest BCUT2D eigenvalue weighted by Crippen LogP contribution is 2.42. The van der Waals surface area contributed by atoms with Gasteiger partial charge in [0, 0.05) is 11.6 Å². The van der Waals surface area contributed by atoms with Crippen LogP contribution >= 0.6 is 0 Å². The molecule has 3 rings (SSSR count). The average Bonchev–Trinajstić information content (AvgIpc) is 3.18. The second-order valence-electron chi connectivity index (χ2n) is 5.63. The molecule has 21 heavy (non-hydrogen) atoms. The van der Waals surface area contributed by atoms with Crippen molar-refractivity contribution in [1.29, 1.82) is 0 Å². The summed E-state index contributed by atoms with van der Waals surface area (Å²) in [5, 5.41) is 13.8. The topological polar surface area (TPSA) is 92.2 Å². The SMILES string of the molecule is CC(O)C1(Nc2ncnc3ccc(S(C)(=O)=O)cc23)CC1. The summed E-state index contributed by atoms with van der Waals surface area (Å²) in [5.41, 5.74) is 0.309. The minimum absolute atomic E-state index is 0.231. The van der Waals surface area contributed by atoms with Gasteiger partial charge < -0.3 is 10.4 Å². The quantitative estimate of drug-likeness (QED) is 0.886. The zero-order valence-electron chi connectivity index (χ0n) is 11.9. The number of rotatable bonds is 4. The van der Waals surface area contributed by atoms with Crippen molar-refractivity contribution < 1.29 is 13.5 Å². The average molecular weight is 307 g/mol. The fourth-order valence-corrected chi connectivity index (χ4v) is 3.03. The van der Waals surface area contributed by atoms with Crippen LogP contribution in [0.25, 0.3) is 10.9 Å². The van der Waals surface area contributed by atoms with Crippen LogP contribution in [0.15, 0.2) is 29.4 Å². The van der Waals surface area contributed by atoms with E-state index in [9.17, 15) is 13.5 Å². The van der Waals surface area contributed by atoms with Crippen molar-refractivity contribution in [3.63, 3.8) is 0 Å². The van der Waals surface area contributed by atoms with Crippen LogP contribution in [0.2, 0.25) is 0 Å². The van der Waals surface area contributed by atoms with E-state index >= 15 is 0 Å². The Hall–Kier alpha value is -1.73. The summed E-state index contributed by atoms with van der Waals surface area (Å²) in [7, 11) is -3.29. The van der Waals surface area contributed by atoms with Crippen molar-refractivity contribution in [1.82, 2.24) is 9.97 Å². The van der Waals surface area contributed by atoms with Crippen LogP contribution in [-0.2, 0) is 9.84 Å². The van der Waals surface area contributed by atoms with E-state index in [0.717, 1.165) is 12.8 Å². The van der Waals surface area contributed by atoms with Gasteiger partial charge in [0.15, 0.2) is 9.84 Å². The number of anilines is 1. The first-order chi connectivity index (χ1) is 9.82. The van der Waals surface area contributed by atoms with E-state index in [1.54, 1.807) is 19.1 Å². The number of hydrogen-bond donors (Lipinski definition) is 2. The molecule has 7 heteroatoms. The van der Waals surface area contributed by atoms with E-state index in [1.807, 2.05) is 0 Å². The Morgan fingerprint density at radius 3 is 2.62 bits per heavy atom. The summed E-state index contributed by atoms with van der Waals surface area (Å²) >= 11 is 0. The Bertz CT molecular complexity index is 798. The van der Waals surface area contributed by atoms with Gasteiger partial charge in [0.05, 0.1) is 22.1 Å². The predicted octanol–water partition coefficient (Wildman–Crippen LogP) is 1.36. The molecule has 112 valence electrons. The van der Waals surface area contributed by atoms with E-state index in [2.05, 4.69) is 15.3 Å². The van der Waals surface area contributed by atoms with Crippen molar-refractivity contribution >= 4 is 26.6 Å². The molecule has 2 N–H and O–H groups in total. The lowest BCUT2D eigenvalue weighted by molar-refractivity contribution is 0.162. The smallest absolute Gasteiger partial charge is 0.175 e. The molecule has 1 fully saturated rings. The van der Waals surface area contributed by atoms with Crippen molar-refractivity contribution in [2.24, 2.45) is 0 Å². The summed E-state index contributed by atoms with van der Waals surface area (Å²) in [6, 6.07) is 4.78.